The average molecular weight is 372 g/mol. The number of nitrogens with one attached hydrogen (secondary N) is 1. The normalized spacial score (nSPS) is 22.4. The number of carbonyl (C=O) groups excluding carboxylic acids is 2. The van der Waals surface area contributed by atoms with Gasteiger partial charge in [0.05, 0.1) is 5.56 Å². The van der Waals surface area contributed by atoms with Gasteiger partial charge in [0.1, 0.15) is 0 Å². The van der Waals surface area contributed by atoms with Crippen molar-refractivity contribution in [2.24, 2.45) is 11.8 Å². The van der Waals surface area contributed by atoms with Gasteiger partial charge < -0.3 is 15.3 Å². The number of carbonyl (C=O) groups is 3. The van der Waals surface area contributed by atoms with Crippen molar-refractivity contribution >= 4 is 17.8 Å². The summed E-state index contributed by atoms with van der Waals surface area (Å²) in [6, 6.07) is 6.70. The molecule has 0 radical (unpaired) electrons. The molecule has 2 amide bonds. The van der Waals surface area contributed by atoms with E-state index in [-0.39, 0.29) is 29.2 Å². The molecule has 2 atom stereocenters. The molecule has 2 unspecified atom stereocenters. The SMILES string of the molecule is O=C(O)c1ccc(CCNC(=O)C2CCCCC2C(=O)N2CCCC2)cc1. The molecule has 0 spiro atoms. The highest BCUT2D eigenvalue weighted by Crippen LogP contribution is 2.32. The van der Waals surface area contributed by atoms with E-state index in [0.29, 0.717) is 13.0 Å². The fraction of sp³-hybridized carbons (Fsp3) is 0.571. The lowest BCUT2D eigenvalue weighted by molar-refractivity contribution is -0.142. The Labute approximate surface area is 159 Å². The van der Waals surface area contributed by atoms with Crippen molar-refractivity contribution in [3.63, 3.8) is 0 Å². The monoisotopic (exact) mass is 372 g/mol. The van der Waals surface area contributed by atoms with Gasteiger partial charge in [-0.3, -0.25) is 9.59 Å². The Balaban J connectivity index is 1.52. The predicted octanol–water partition coefficient (Wildman–Crippen LogP) is 2.47. The largest absolute Gasteiger partial charge is 0.478 e. The molecule has 2 fully saturated rings. The summed E-state index contributed by atoms with van der Waals surface area (Å²) in [4.78, 5) is 38.3. The van der Waals surface area contributed by atoms with E-state index >= 15 is 0 Å². The second-order valence-electron chi connectivity index (χ2n) is 7.57. The summed E-state index contributed by atoms with van der Waals surface area (Å²) in [6.07, 6.45) is 6.38. The minimum atomic E-state index is -0.944. The van der Waals surface area contributed by atoms with Gasteiger partial charge in [0.15, 0.2) is 0 Å². The fourth-order valence-electron chi connectivity index (χ4n) is 4.19. The van der Waals surface area contributed by atoms with Crippen LogP contribution in [0, 0.1) is 11.8 Å². The van der Waals surface area contributed by atoms with Crippen LogP contribution >= 0.6 is 0 Å². The van der Waals surface area contributed by atoms with Crippen molar-refractivity contribution in [1.29, 1.82) is 0 Å². The first-order chi connectivity index (χ1) is 13.1. The van der Waals surface area contributed by atoms with Crippen molar-refractivity contribution in [3.05, 3.63) is 35.4 Å². The molecule has 1 heterocycles. The molecule has 1 aromatic rings. The average Bonchev–Trinajstić information content (AvgIpc) is 3.22. The van der Waals surface area contributed by atoms with Crippen molar-refractivity contribution < 1.29 is 19.5 Å². The maximum absolute atomic E-state index is 12.8. The second-order valence-corrected chi connectivity index (χ2v) is 7.57. The summed E-state index contributed by atoms with van der Waals surface area (Å²) in [6.45, 7) is 2.15. The number of aromatic carboxylic acids is 1. The van der Waals surface area contributed by atoms with E-state index in [1.165, 1.54) is 0 Å². The zero-order chi connectivity index (χ0) is 19.2. The van der Waals surface area contributed by atoms with Crippen molar-refractivity contribution in [1.82, 2.24) is 10.2 Å². The lowest BCUT2D eigenvalue weighted by Gasteiger charge is -2.32. The Kier molecular flexibility index (Phi) is 6.48. The van der Waals surface area contributed by atoms with Crippen LogP contribution in [0.25, 0.3) is 0 Å². The van der Waals surface area contributed by atoms with Crippen LogP contribution in [0.15, 0.2) is 24.3 Å². The first-order valence-corrected chi connectivity index (χ1v) is 9.95. The van der Waals surface area contributed by atoms with Crippen LogP contribution in [0.4, 0.5) is 0 Å². The van der Waals surface area contributed by atoms with E-state index in [4.69, 9.17) is 5.11 Å². The van der Waals surface area contributed by atoms with Crippen LogP contribution in [-0.4, -0.2) is 47.4 Å². The maximum Gasteiger partial charge on any atom is 0.335 e. The smallest absolute Gasteiger partial charge is 0.335 e. The molecule has 6 heteroatoms. The molecule has 1 aliphatic heterocycles. The van der Waals surface area contributed by atoms with Gasteiger partial charge in [-0.2, -0.15) is 0 Å². The summed E-state index contributed by atoms with van der Waals surface area (Å²) >= 11 is 0. The number of amides is 2. The minimum Gasteiger partial charge on any atom is -0.478 e. The fourth-order valence-corrected chi connectivity index (χ4v) is 4.19. The van der Waals surface area contributed by atoms with E-state index in [1.54, 1.807) is 24.3 Å². The van der Waals surface area contributed by atoms with Gasteiger partial charge in [-0.25, -0.2) is 4.79 Å². The first-order valence-electron chi connectivity index (χ1n) is 9.95. The summed E-state index contributed by atoms with van der Waals surface area (Å²) < 4.78 is 0. The second kappa shape index (κ2) is 9.02. The molecule has 6 nitrogen and oxygen atoms in total. The molecule has 27 heavy (non-hydrogen) atoms. The lowest BCUT2D eigenvalue weighted by atomic mass is 9.78. The third-order valence-electron chi connectivity index (χ3n) is 5.75. The lowest BCUT2D eigenvalue weighted by Crippen LogP contribution is -2.45. The summed E-state index contributed by atoms with van der Waals surface area (Å²) in [5, 5.41) is 11.9. The number of nitrogens with zero attached hydrogens (tertiary/aromatic N) is 1. The molecular weight excluding hydrogens is 344 g/mol. The third kappa shape index (κ3) is 4.87. The zero-order valence-corrected chi connectivity index (χ0v) is 15.7. The molecule has 1 aromatic carbocycles. The Morgan fingerprint density at radius 3 is 2.22 bits per heavy atom. The van der Waals surface area contributed by atoms with Crippen LogP contribution in [0.5, 0.6) is 0 Å². The van der Waals surface area contributed by atoms with Crippen LogP contribution in [0.1, 0.15) is 54.4 Å². The summed E-state index contributed by atoms with van der Waals surface area (Å²) in [7, 11) is 0. The maximum atomic E-state index is 12.8. The van der Waals surface area contributed by atoms with Crippen LogP contribution in [0.3, 0.4) is 0 Å². The number of carboxylic acids is 1. The molecule has 2 aliphatic rings. The molecule has 0 bridgehead atoms. The molecule has 1 aliphatic carbocycles. The molecular formula is C21H28N2O4. The molecule has 1 saturated carbocycles. The summed E-state index contributed by atoms with van der Waals surface area (Å²) in [5.41, 5.74) is 1.24. The Morgan fingerprint density at radius 2 is 1.59 bits per heavy atom. The number of carboxylic acid groups (broad SMARTS) is 1. The number of rotatable bonds is 6. The molecule has 0 aromatic heterocycles. The molecule has 3 rings (SSSR count). The number of benzene rings is 1. The van der Waals surface area contributed by atoms with Gasteiger partial charge in [-0.1, -0.05) is 25.0 Å². The highest BCUT2D eigenvalue weighted by Gasteiger charge is 2.38. The summed E-state index contributed by atoms with van der Waals surface area (Å²) in [5.74, 6) is -1.19. The molecule has 146 valence electrons. The van der Waals surface area contributed by atoms with Gasteiger partial charge in [0.2, 0.25) is 11.8 Å². The standard InChI is InChI=1S/C21H28N2O4/c24-19(22-12-11-15-7-9-16(10-8-15)21(26)27)17-5-1-2-6-18(17)20(25)23-13-3-4-14-23/h7-10,17-18H,1-6,11-14H2,(H,22,24)(H,26,27). The highest BCUT2D eigenvalue weighted by atomic mass is 16.4. The van der Waals surface area contributed by atoms with Crippen molar-refractivity contribution in [2.75, 3.05) is 19.6 Å². The Morgan fingerprint density at radius 1 is 0.963 bits per heavy atom. The van der Waals surface area contributed by atoms with E-state index in [9.17, 15) is 14.4 Å². The minimum absolute atomic E-state index is 0.0191. The van der Waals surface area contributed by atoms with Gasteiger partial charge in [0, 0.05) is 31.5 Å². The van der Waals surface area contributed by atoms with Crippen LogP contribution in [0.2, 0.25) is 0 Å². The number of hydrogen-bond acceptors (Lipinski definition) is 3. The van der Waals surface area contributed by atoms with E-state index in [0.717, 1.165) is 57.2 Å². The van der Waals surface area contributed by atoms with E-state index in [1.807, 2.05) is 4.90 Å². The third-order valence-corrected chi connectivity index (χ3v) is 5.75. The first kappa shape index (κ1) is 19.4. The highest BCUT2D eigenvalue weighted by molar-refractivity contribution is 5.88. The van der Waals surface area contributed by atoms with Crippen molar-refractivity contribution in [3.8, 4) is 0 Å². The van der Waals surface area contributed by atoms with E-state index in [2.05, 4.69) is 5.32 Å². The van der Waals surface area contributed by atoms with Gasteiger partial charge in [-0.05, 0) is 49.8 Å². The Hall–Kier alpha value is -2.37. The number of likely N-dealkylation sites (tertiary alicyclic amines) is 1. The molecule has 2 N–H and O–H groups in total. The van der Waals surface area contributed by atoms with Crippen molar-refractivity contribution in [2.45, 2.75) is 44.9 Å². The van der Waals surface area contributed by atoms with Gasteiger partial charge >= 0.3 is 5.97 Å². The number of hydrogen-bond donors (Lipinski definition) is 2. The topological polar surface area (TPSA) is 86.7 Å². The molecule has 1 saturated heterocycles. The predicted molar refractivity (Wildman–Crippen MR) is 101 cm³/mol. The van der Waals surface area contributed by atoms with Crippen LogP contribution in [-0.2, 0) is 16.0 Å². The van der Waals surface area contributed by atoms with Gasteiger partial charge in [-0.15, -0.1) is 0 Å². The van der Waals surface area contributed by atoms with Gasteiger partial charge in [0.25, 0.3) is 0 Å². The quantitative estimate of drug-likeness (QED) is 0.803. The zero-order valence-electron chi connectivity index (χ0n) is 15.7. The van der Waals surface area contributed by atoms with Crippen LogP contribution < -0.4 is 5.32 Å². The van der Waals surface area contributed by atoms with E-state index < -0.39 is 5.97 Å². The Bertz CT molecular complexity index is 680.